The fraction of sp³-hybridized carbons (Fsp3) is 0.381. The standard InChI is InChI=1S/C21H23F4N3O4S/c1-4-13-8-14(20(31)32-5-2)19(33-13)28-17(29)9-26-16-7-12(6-15(22)11(16)3)18(30)27-10-21(23,24)25/h6-8,26H,4-5,9-10H2,1-3H3,(H,27,30)(H,28,29). The van der Waals surface area contributed by atoms with Crippen LogP contribution in [0.5, 0.6) is 0 Å². The summed E-state index contributed by atoms with van der Waals surface area (Å²) in [5, 5.41) is 7.24. The van der Waals surface area contributed by atoms with E-state index in [2.05, 4.69) is 10.6 Å². The molecule has 0 saturated carbocycles. The van der Waals surface area contributed by atoms with Crippen molar-refractivity contribution in [1.82, 2.24) is 5.32 Å². The number of benzene rings is 1. The molecule has 33 heavy (non-hydrogen) atoms. The van der Waals surface area contributed by atoms with Crippen LogP contribution in [0.15, 0.2) is 18.2 Å². The summed E-state index contributed by atoms with van der Waals surface area (Å²) >= 11 is 1.22. The number of anilines is 2. The number of rotatable bonds is 9. The van der Waals surface area contributed by atoms with Crippen molar-refractivity contribution in [1.29, 1.82) is 0 Å². The highest BCUT2D eigenvalue weighted by Crippen LogP contribution is 2.29. The molecule has 1 aromatic carbocycles. The Hall–Kier alpha value is -3.15. The highest BCUT2D eigenvalue weighted by molar-refractivity contribution is 7.16. The molecule has 2 amide bonds. The highest BCUT2D eigenvalue weighted by atomic mass is 32.1. The molecule has 1 aromatic heterocycles. The zero-order valence-corrected chi connectivity index (χ0v) is 18.9. The number of alkyl halides is 3. The first-order chi connectivity index (χ1) is 15.4. The van der Waals surface area contributed by atoms with Crippen LogP contribution in [-0.4, -0.2) is 43.7 Å². The van der Waals surface area contributed by atoms with E-state index in [0.29, 0.717) is 11.4 Å². The summed E-state index contributed by atoms with van der Waals surface area (Å²) in [6.45, 7) is 3.20. The van der Waals surface area contributed by atoms with E-state index in [1.165, 1.54) is 18.3 Å². The van der Waals surface area contributed by atoms with Gasteiger partial charge in [0.2, 0.25) is 5.91 Å². The van der Waals surface area contributed by atoms with Gasteiger partial charge in [-0.3, -0.25) is 9.59 Å². The van der Waals surface area contributed by atoms with Crippen molar-refractivity contribution in [3.63, 3.8) is 0 Å². The Morgan fingerprint density at radius 1 is 1.12 bits per heavy atom. The summed E-state index contributed by atoms with van der Waals surface area (Å²) in [4.78, 5) is 37.4. The second-order valence-corrected chi connectivity index (χ2v) is 8.00. The number of halogens is 4. The molecule has 3 N–H and O–H groups in total. The third kappa shape index (κ3) is 7.45. The lowest BCUT2D eigenvalue weighted by molar-refractivity contribution is -0.123. The Labute approximate surface area is 191 Å². The topological polar surface area (TPSA) is 96.5 Å². The first kappa shape index (κ1) is 26.1. The maximum Gasteiger partial charge on any atom is 0.405 e. The smallest absolute Gasteiger partial charge is 0.405 e. The van der Waals surface area contributed by atoms with Gasteiger partial charge in [0.25, 0.3) is 5.91 Å². The SMILES string of the molecule is CCOC(=O)c1cc(CC)sc1NC(=O)CNc1cc(C(=O)NCC(F)(F)F)cc(F)c1C. The minimum absolute atomic E-state index is 0.0633. The fourth-order valence-electron chi connectivity index (χ4n) is 2.69. The lowest BCUT2D eigenvalue weighted by Gasteiger charge is -2.13. The number of carbonyl (C=O) groups is 3. The van der Waals surface area contributed by atoms with Crippen LogP contribution in [0.1, 0.15) is 45.0 Å². The second-order valence-electron chi connectivity index (χ2n) is 6.86. The lowest BCUT2D eigenvalue weighted by Crippen LogP contribution is -2.33. The van der Waals surface area contributed by atoms with Crippen molar-refractivity contribution in [2.75, 3.05) is 30.3 Å². The maximum atomic E-state index is 14.2. The van der Waals surface area contributed by atoms with E-state index in [1.54, 1.807) is 18.3 Å². The molecule has 0 unspecified atom stereocenters. The van der Waals surface area contributed by atoms with Gasteiger partial charge >= 0.3 is 12.1 Å². The number of aryl methyl sites for hydroxylation is 1. The van der Waals surface area contributed by atoms with E-state index in [0.717, 1.165) is 17.0 Å². The zero-order valence-electron chi connectivity index (χ0n) is 18.1. The summed E-state index contributed by atoms with van der Waals surface area (Å²) in [7, 11) is 0. The summed E-state index contributed by atoms with van der Waals surface area (Å²) < 4.78 is 56.1. The van der Waals surface area contributed by atoms with Crippen molar-refractivity contribution in [2.24, 2.45) is 0 Å². The van der Waals surface area contributed by atoms with Crippen LogP contribution in [-0.2, 0) is 16.0 Å². The number of ether oxygens (including phenoxy) is 1. The van der Waals surface area contributed by atoms with Crippen LogP contribution in [0, 0.1) is 12.7 Å². The number of thiophene rings is 1. The van der Waals surface area contributed by atoms with Crippen LogP contribution in [0.2, 0.25) is 0 Å². The van der Waals surface area contributed by atoms with E-state index in [-0.39, 0.29) is 35.5 Å². The number of hydrogen-bond donors (Lipinski definition) is 3. The Kier molecular flexibility index (Phi) is 8.80. The molecule has 0 aliphatic heterocycles. The molecule has 0 fully saturated rings. The number of carbonyl (C=O) groups excluding carboxylic acids is 3. The zero-order chi connectivity index (χ0) is 24.8. The molecular weight excluding hydrogens is 466 g/mol. The minimum Gasteiger partial charge on any atom is -0.462 e. The summed E-state index contributed by atoms with van der Waals surface area (Å²) in [6.07, 6.45) is -3.97. The predicted molar refractivity (Wildman–Crippen MR) is 116 cm³/mol. The van der Waals surface area contributed by atoms with Gasteiger partial charge in [-0.15, -0.1) is 11.3 Å². The second kappa shape index (κ2) is 11.1. The molecule has 7 nitrogen and oxygen atoms in total. The summed E-state index contributed by atoms with van der Waals surface area (Å²) in [6, 6.07) is 3.60. The molecule has 0 saturated heterocycles. The van der Waals surface area contributed by atoms with Crippen LogP contribution in [0.3, 0.4) is 0 Å². The molecule has 180 valence electrons. The normalized spacial score (nSPS) is 11.1. The summed E-state index contributed by atoms with van der Waals surface area (Å²) in [5.74, 6) is -3.07. The average Bonchev–Trinajstić information content (AvgIpc) is 3.15. The lowest BCUT2D eigenvalue weighted by atomic mass is 10.1. The first-order valence-corrected chi connectivity index (χ1v) is 10.7. The Morgan fingerprint density at radius 2 is 1.82 bits per heavy atom. The van der Waals surface area contributed by atoms with Gasteiger partial charge in [-0.1, -0.05) is 6.92 Å². The van der Waals surface area contributed by atoms with Gasteiger partial charge in [0.1, 0.15) is 17.4 Å². The predicted octanol–water partition coefficient (Wildman–Crippen LogP) is 4.28. The average molecular weight is 489 g/mol. The molecule has 0 aliphatic carbocycles. The van der Waals surface area contributed by atoms with E-state index < -0.39 is 36.3 Å². The molecule has 0 radical (unpaired) electrons. The number of amides is 2. The van der Waals surface area contributed by atoms with E-state index in [9.17, 15) is 31.9 Å². The van der Waals surface area contributed by atoms with Gasteiger partial charge in [-0.2, -0.15) is 13.2 Å². The Bertz CT molecular complexity index is 1040. The molecule has 2 rings (SSSR count). The van der Waals surface area contributed by atoms with Gasteiger partial charge in [0.15, 0.2) is 0 Å². The fourth-order valence-corrected chi connectivity index (χ4v) is 3.69. The Morgan fingerprint density at radius 3 is 2.42 bits per heavy atom. The maximum absolute atomic E-state index is 14.2. The van der Waals surface area contributed by atoms with Crippen molar-refractivity contribution in [3.05, 3.63) is 45.6 Å². The van der Waals surface area contributed by atoms with Crippen molar-refractivity contribution < 1.29 is 36.7 Å². The quantitative estimate of drug-likeness (QED) is 0.361. The number of nitrogens with one attached hydrogen (secondary N) is 3. The first-order valence-electron chi connectivity index (χ1n) is 9.93. The molecule has 12 heteroatoms. The van der Waals surface area contributed by atoms with Gasteiger partial charge in [0, 0.05) is 21.7 Å². The molecule has 0 atom stereocenters. The molecule has 0 spiro atoms. The molecule has 1 heterocycles. The highest BCUT2D eigenvalue weighted by Gasteiger charge is 2.28. The van der Waals surface area contributed by atoms with Gasteiger partial charge < -0.3 is 20.7 Å². The van der Waals surface area contributed by atoms with E-state index in [4.69, 9.17) is 4.74 Å². The minimum atomic E-state index is -4.61. The van der Waals surface area contributed by atoms with Gasteiger partial charge in [0.05, 0.1) is 18.7 Å². The van der Waals surface area contributed by atoms with Crippen molar-refractivity contribution >= 4 is 39.8 Å². The molecule has 2 aromatic rings. The number of esters is 1. The molecule has 0 bridgehead atoms. The van der Waals surface area contributed by atoms with Crippen LogP contribution in [0.25, 0.3) is 0 Å². The third-order valence-corrected chi connectivity index (χ3v) is 5.57. The Balaban J connectivity index is 2.11. The summed E-state index contributed by atoms with van der Waals surface area (Å²) in [5.41, 5.74) is 0.0263. The molecular formula is C21H23F4N3O4S. The van der Waals surface area contributed by atoms with Crippen LogP contribution >= 0.6 is 11.3 Å². The van der Waals surface area contributed by atoms with Gasteiger partial charge in [-0.05, 0) is 38.5 Å². The van der Waals surface area contributed by atoms with Crippen molar-refractivity contribution in [3.8, 4) is 0 Å². The van der Waals surface area contributed by atoms with E-state index in [1.807, 2.05) is 6.92 Å². The van der Waals surface area contributed by atoms with E-state index >= 15 is 0 Å². The third-order valence-electron chi connectivity index (χ3n) is 4.38. The van der Waals surface area contributed by atoms with Crippen molar-refractivity contribution in [2.45, 2.75) is 33.4 Å². The molecule has 0 aliphatic rings. The monoisotopic (exact) mass is 489 g/mol. The van der Waals surface area contributed by atoms with Crippen LogP contribution < -0.4 is 16.0 Å². The largest absolute Gasteiger partial charge is 0.462 e. The number of hydrogen-bond acceptors (Lipinski definition) is 6. The van der Waals surface area contributed by atoms with Crippen LogP contribution in [0.4, 0.5) is 28.3 Å². The van der Waals surface area contributed by atoms with Gasteiger partial charge in [-0.25, -0.2) is 9.18 Å².